The Kier molecular flexibility index (Phi) is 9.81. The standard InChI is InChI=1S/C30H33ClFN3O4S/c1-2-28(30(37)33-24-11-7-8-12-24)34(20-22-10-6-9-15-27(22)31)29(36)21-35(25-13-4-3-5-14-25)40(38,39)26-18-16-23(32)17-19-26/h3-6,9-10,13-19,24,28H,2,7-8,11-12,20-21H2,1H3,(H,33,37). The first-order valence-corrected chi connectivity index (χ1v) is 15.2. The minimum atomic E-state index is -4.26. The first-order valence-electron chi connectivity index (χ1n) is 13.4. The van der Waals surface area contributed by atoms with E-state index in [1.807, 2.05) is 6.92 Å². The molecule has 0 aliphatic heterocycles. The van der Waals surface area contributed by atoms with Gasteiger partial charge in [0.1, 0.15) is 18.4 Å². The van der Waals surface area contributed by atoms with E-state index >= 15 is 0 Å². The van der Waals surface area contributed by atoms with E-state index in [-0.39, 0.29) is 29.1 Å². The number of hydrogen-bond acceptors (Lipinski definition) is 4. The highest BCUT2D eigenvalue weighted by molar-refractivity contribution is 7.92. The van der Waals surface area contributed by atoms with Crippen LogP contribution in [0.5, 0.6) is 0 Å². The summed E-state index contributed by atoms with van der Waals surface area (Å²) in [4.78, 5) is 28.8. The maximum absolute atomic E-state index is 14.1. The number of nitrogens with one attached hydrogen (secondary N) is 1. The van der Waals surface area contributed by atoms with Gasteiger partial charge in [0, 0.05) is 17.6 Å². The molecule has 40 heavy (non-hydrogen) atoms. The van der Waals surface area contributed by atoms with Gasteiger partial charge >= 0.3 is 0 Å². The van der Waals surface area contributed by atoms with Crippen molar-refractivity contribution in [3.8, 4) is 0 Å². The molecular weight excluding hydrogens is 553 g/mol. The van der Waals surface area contributed by atoms with Gasteiger partial charge in [-0.1, -0.05) is 67.8 Å². The Hall–Kier alpha value is -3.43. The minimum absolute atomic E-state index is 0.0221. The molecule has 1 unspecified atom stereocenters. The van der Waals surface area contributed by atoms with Crippen LogP contribution in [0.4, 0.5) is 10.1 Å². The van der Waals surface area contributed by atoms with Crippen molar-refractivity contribution in [2.45, 2.75) is 62.6 Å². The summed E-state index contributed by atoms with van der Waals surface area (Å²) in [5.74, 6) is -1.42. The monoisotopic (exact) mass is 585 g/mol. The number of carbonyl (C=O) groups excluding carboxylic acids is 2. The molecule has 3 aromatic rings. The van der Waals surface area contributed by atoms with Crippen LogP contribution in [0.15, 0.2) is 83.8 Å². The molecule has 0 aromatic heterocycles. The van der Waals surface area contributed by atoms with Crippen LogP contribution < -0.4 is 9.62 Å². The van der Waals surface area contributed by atoms with Gasteiger partial charge in [-0.25, -0.2) is 12.8 Å². The van der Waals surface area contributed by atoms with Crippen molar-refractivity contribution in [1.82, 2.24) is 10.2 Å². The van der Waals surface area contributed by atoms with Crippen LogP contribution in [0.1, 0.15) is 44.6 Å². The summed E-state index contributed by atoms with van der Waals surface area (Å²) in [6.07, 6.45) is 4.18. The van der Waals surface area contributed by atoms with Gasteiger partial charge in [0.25, 0.3) is 10.0 Å². The fourth-order valence-electron chi connectivity index (χ4n) is 4.95. The summed E-state index contributed by atoms with van der Waals surface area (Å²) in [7, 11) is -4.26. The number of benzene rings is 3. The Morgan fingerprint density at radius 3 is 2.23 bits per heavy atom. The van der Waals surface area contributed by atoms with Crippen molar-refractivity contribution in [3.05, 3.63) is 95.3 Å². The molecule has 3 aromatic carbocycles. The molecule has 1 saturated carbocycles. The number of sulfonamides is 1. The van der Waals surface area contributed by atoms with E-state index in [4.69, 9.17) is 11.6 Å². The van der Waals surface area contributed by atoms with Crippen LogP contribution in [0, 0.1) is 5.82 Å². The van der Waals surface area contributed by atoms with Gasteiger partial charge in [-0.15, -0.1) is 0 Å². The molecule has 212 valence electrons. The lowest BCUT2D eigenvalue weighted by molar-refractivity contribution is -0.140. The minimum Gasteiger partial charge on any atom is -0.352 e. The second-order valence-corrected chi connectivity index (χ2v) is 12.1. The number of rotatable bonds is 11. The Balaban J connectivity index is 1.70. The smallest absolute Gasteiger partial charge is 0.264 e. The van der Waals surface area contributed by atoms with E-state index in [2.05, 4.69) is 5.32 Å². The highest BCUT2D eigenvalue weighted by Gasteiger charge is 2.34. The van der Waals surface area contributed by atoms with Crippen molar-refractivity contribution in [2.75, 3.05) is 10.8 Å². The van der Waals surface area contributed by atoms with Crippen LogP contribution in [0.3, 0.4) is 0 Å². The Morgan fingerprint density at radius 1 is 0.975 bits per heavy atom. The van der Waals surface area contributed by atoms with Crippen molar-refractivity contribution in [2.24, 2.45) is 0 Å². The predicted molar refractivity (Wildman–Crippen MR) is 154 cm³/mol. The van der Waals surface area contributed by atoms with Crippen molar-refractivity contribution < 1.29 is 22.4 Å². The second-order valence-electron chi connectivity index (χ2n) is 9.83. The predicted octanol–water partition coefficient (Wildman–Crippen LogP) is 5.54. The van der Waals surface area contributed by atoms with E-state index in [9.17, 15) is 22.4 Å². The molecule has 0 bridgehead atoms. The van der Waals surface area contributed by atoms with E-state index in [1.165, 1.54) is 4.90 Å². The number of nitrogens with zero attached hydrogens (tertiary/aromatic N) is 2. The van der Waals surface area contributed by atoms with E-state index < -0.39 is 34.3 Å². The zero-order valence-electron chi connectivity index (χ0n) is 22.3. The molecule has 2 amide bonds. The molecule has 10 heteroatoms. The molecule has 4 rings (SSSR count). The quantitative estimate of drug-likeness (QED) is 0.320. The van der Waals surface area contributed by atoms with Gasteiger partial charge in [0.05, 0.1) is 10.6 Å². The zero-order chi connectivity index (χ0) is 28.7. The molecule has 1 aliphatic carbocycles. The van der Waals surface area contributed by atoms with Crippen LogP contribution in [0.25, 0.3) is 0 Å². The molecule has 7 nitrogen and oxygen atoms in total. The van der Waals surface area contributed by atoms with Crippen LogP contribution in [0.2, 0.25) is 5.02 Å². The number of para-hydroxylation sites is 1. The van der Waals surface area contributed by atoms with Gasteiger partial charge < -0.3 is 10.2 Å². The van der Waals surface area contributed by atoms with Gasteiger partial charge in [0.2, 0.25) is 11.8 Å². The highest BCUT2D eigenvalue weighted by atomic mass is 35.5. The highest BCUT2D eigenvalue weighted by Crippen LogP contribution is 2.26. The molecule has 1 aliphatic rings. The average Bonchev–Trinajstić information content (AvgIpc) is 3.46. The number of amides is 2. The largest absolute Gasteiger partial charge is 0.352 e. The SMILES string of the molecule is CCC(C(=O)NC1CCCC1)N(Cc1ccccc1Cl)C(=O)CN(c1ccccc1)S(=O)(=O)c1ccc(F)cc1. The fraction of sp³-hybridized carbons (Fsp3) is 0.333. The number of carbonyl (C=O) groups is 2. The number of halogens is 2. The van der Waals surface area contributed by atoms with Gasteiger partial charge in [-0.2, -0.15) is 0 Å². The number of anilines is 1. The lowest BCUT2D eigenvalue weighted by atomic mass is 10.1. The maximum Gasteiger partial charge on any atom is 0.264 e. The lowest BCUT2D eigenvalue weighted by Gasteiger charge is -2.34. The summed E-state index contributed by atoms with van der Waals surface area (Å²) < 4.78 is 42.1. The summed E-state index contributed by atoms with van der Waals surface area (Å²) in [6, 6.07) is 18.9. The first-order chi connectivity index (χ1) is 19.2. The second kappa shape index (κ2) is 13.3. The average molecular weight is 586 g/mol. The molecular formula is C30H33ClFN3O4S. The maximum atomic E-state index is 14.1. The summed E-state index contributed by atoms with van der Waals surface area (Å²) >= 11 is 6.43. The van der Waals surface area contributed by atoms with E-state index in [0.717, 1.165) is 54.3 Å². The first kappa shape index (κ1) is 29.6. The molecule has 0 saturated heterocycles. The third-order valence-electron chi connectivity index (χ3n) is 7.11. The van der Waals surface area contributed by atoms with Gasteiger partial charge in [0.15, 0.2) is 0 Å². The van der Waals surface area contributed by atoms with Crippen molar-refractivity contribution >= 4 is 39.1 Å². The normalized spacial score (nSPS) is 14.5. The van der Waals surface area contributed by atoms with Gasteiger partial charge in [-0.05, 0) is 67.3 Å². The van der Waals surface area contributed by atoms with E-state index in [0.29, 0.717) is 17.0 Å². The molecule has 0 radical (unpaired) electrons. The molecule has 0 spiro atoms. The fourth-order valence-corrected chi connectivity index (χ4v) is 6.56. The third-order valence-corrected chi connectivity index (χ3v) is 9.27. The van der Waals surface area contributed by atoms with Crippen molar-refractivity contribution in [3.63, 3.8) is 0 Å². The summed E-state index contributed by atoms with van der Waals surface area (Å²) in [5, 5.41) is 3.51. The summed E-state index contributed by atoms with van der Waals surface area (Å²) in [6.45, 7) is 1.27. The molecule has 0 heterocycles. The Bertz CT molecular complexity index is 1410. The van der Waals surface area contributed by atoms with Crippen molar-refractivity contribution in [1.29, 1.82) is 0 Å². The lowest BCUT2D eigenvalue weighted by Crippen LogP contribution is -2.53. The Labute approximate surface area is 240 Å². The van der Waals surface area contributed by atoms with Crippen LogP contribution in [-0.2, 0) is 26.2 Å². The molecule has 1 atom stereocenters. The van der Waals surface area contributed by atoms with E-state index in [1.54, 1.807) is 54.6 Å². The third kappa shape index (κ3) is 7.01. The van der Waals surface area contributed by atoms with Gasteiger partial charge in [-0.3, -0.25) is 13.9 Å². The topological polar surface area (TPSA) is 86.8 Å². The van der Waals surface area contributed by atoms with Crippen LogP contribution in [-0.4, -0.2) is 43.8 Å². The zero-order valence-corrected chi connectivity index (χ0v) is 23.9. The summed E-state index contributed by atoms with van der Waals surface area (Å²) in [5.41, 5.74) is 0.901. The van der Waals surface area contributed by atoms with Crippen LogP contribution >= 0.6 is 11.6 Å². The molecule has 1 N–H and O–H groups in total. The molecule has 1 fully saturated rings. The Morgan fingerprint density at radius 2 is 1.60 bits per heavy atom. The number of hydrogen-bond donors (Lipinski definition) is 1.